The van der Waals surface area contributed by atoms with Crippen molar-refractivity contribution >= 4 is 17.4 Å². The third-order valence-corrected chi connectivity index (χ3v) is 4.05. The van der Waals surface area contributed by atoms with E-state index in [2.05, 4.69) is 36.1 Å². The lowest BCUT2D eigenvalue weighted by Crippen LogP contribution is -2.22. The number of hydrogen-bond acceptors (Lipinski definition) is 4. The van der Waals surface area contributed by atoms with Crippen molar-refractivity contribution < 1.29 is 4.74 Å². The predicted molar refractivity (Wildman–Crippen MR) is 77.9 cm³/mol. The van der Waals surface area contributed by atoms with Gasteiger partial charge in [0.25, 0.3) is 0 Å². The van der Waals surface area contributed by atoms with Crippen LogP contribution >= 0.6 is 11.6 Å². The largest absolute Gasteiger partial charge is 0.378 e. The Hall–Kier alpha value is -0.870. The molecule has 2 heterocycles. The molecule has 2 rings (SSSR count). The number of nitrogens with zero attached hydrogens (tertiary/aromatic N) is 2. The Morgan fingerprint density at radius 3 is 2.74 bits per heavy atom. The molecule has 1 aliphatic rings. The summed E-state index contributed by atoms with van der Waals surface area (Å²) in [6.45, 7) is 9.93. The minimum absolute atomic E-state index is 0.271. The SMILES string of the molecule is Cc1c(Cl)nc(C(C)C)nc1NCC1CCOC1C. The molecule has 5 heteroatoms. The third-order valence-electron chi connectivity index (χ3n) is 3.69. The highest BCUT2D eigenvalue weighted by atomic mass is 35.5. The summed E-state index contributed by atoms with van der Waals surface area (Å²) < 4.78 is 5.57. The summed E-state index contributed by atoms with van der Waals surface area (Å²) in [5.41, 5.74) is 0.914. The van der Waals surface area contributed by atoms with Gasteiger partial charge in [-0.1, -0.05) is 25.4 Å². The summed E-state index contributed by atoms with van der Waals surface area (Å²) in [4.78, 5) is 8.89. The van der Waals surface area contributed by atoms with E-state index in [0.717, 1.165) is 36.8 Å². The average molecular weight is 284 g/mol. The highest BCUT2D eigenvalue weighted by Crippen LogP contribution is 2.25. The van der Waals surface area contributed by atoms with E-state index < -0.39 is 0 Å². The summed E-state index contributed by atoms with van der Waals surface area (Å²) in [6.07, 6.45) is 1.41. The molecule has 0 spiro atoms. The van der Waals surface area contributed by atoms with Gasteiger partial charge < -0.3 is 10.1 Å². The van der Waals surface area contributed by atoms with E-state index in [-0.39, 0.29) is 5.92 Å². The van der Waals surface area contributed by atoms with Crippen LogP contribution in [0.5, 0.6) is 0 Å². The van der Waals surface area contributed by atoms with E-state index in [1.54, 1.807) is 0 Å². The summed E-state index contributed by atoms with van der Waals surface area (Å²) >= 11 is 6.17. The zero-order valence-electron chi connectivity index (χ0n) is 12.0. The Bertz CT molecular complexity index is 451. The monoisotopic (exact) mass is 283 g/mol. The molecular weight excluding hydrogens is 262 g/mol. The molecule has 0 saturated carbocycles. The first kappa shape index (κ1) is 14.5. The summed E-state index contributed by atoms with van der Waals surface area (Å²) in [5.74, 6) is 2.44. The van der Waals surface area contributed by atoms with Crippen molar-refractivity contribution in [3.63, 3.8) is 0 Å². The fraction of sp³-hybridized carbons (Fsp3) is 0.714. The molecule has 1 aliphatic heterocycles. The second-order valence-corrected chi connectivity index (χ2v) is 5.86. The van der Waals surface area contributed by atoms with E-state index in [0.29, 0.717) is 17.2 Å². The van der Waals surface area contributed by atoms with Crippen molar-refractivity contribution in [3.05, 3.63) is 16.5 Å². The van der Waals surface area contributed by atoms with Gasteiger partial charge in [-0.05, 0) is 20.3 Å². The van der Waals surface area contributed by atoms with Gasteiger partial charge in [0, 0.05) is 30.6 Å². The van der Waals surface area contributed by atoms with Crippen LogP contribution in [-0.4, -0.2) is 29.2 Å². The van der Waals surface area contributed by atoms with Crippen LogP contribution in [0.2, 0.25) is 5.15 Å². The van der Waals surface area contributed by atoms with Crippen LogP contribution < -0.4 is 5.32 Å². The van der Waals surface area contributed by atoms with Crippen LogP contribution in [0.25, 0.3) is 0 Å². The molecule has 19 heavy (non-hydrogen) atoms. The van der Waals surface area contributed by atoms with E-state index in [1.807, 2.05) is 6.92 Å². The number of nitrogens with one attached hydrogen (secondary N) is 1. The van der Waals surface area contributed by atoms with Crippen molar-refractivity contribution in [2.75, 3.05) is 18.5 Å². The van der Waals surface area contributed by atoms with Gasteiger partial charge in [0.1, 0.15) is 16.8 Å². The fourth-order valence-electron chi connectivity index (χ4n) is 2.21. The highest BCUT2D eigenvalue weighted by Gasteiger charge is 2.24. The van der Waals surface area contributed by atoms with E-state index in [9.17, 15) is 0 Å². The third kappa shape index (κ3) is 3.37. The van der Waals surface area contributed by atoms with Crippen molar-refractivity contribution in [1.82, 2.24) is 9.97 Å². The lowest BCUT2D eigenvalue weighted by molar-refractivity contribution is 0.108. The van der Waals surface area contributed by atoms with E-state index in [4.69, 9.17) is 16.3 Å². The fourth-order valence-corrected chi connectivity index (χ4v) is 2.38. The summed E-state index contributed by atoms with van der Waals surface area (Å²) in [6, 6.07) is 0. The second kappa shape index (κ2) is 6.06. The smallest absolute Gasteiger partial charge is 0.137 e. The molecule has 0 aliphatic carbocycles. The number of hydrogen-bond donors (Lipinski definition) is 1. The molecule has 1 aromatic rings. The normalized spacial score (nSPS) is 23.1. The Morgan fingerprint density at radius 1 is 1.42 bits per heavy atom. The Balaban J connectivity index is 2.10. The topological polar surface area (TPSA) is 47.0 Å². The Kier molecular flexibility index (Phi) is 4.63. The van der Waals surface area contributed by atoms with Crippen LogP contribution in [0, 0.1) is 12.8 Å². The van der Waals surface area contributed by atoms with E-state index in [1.165, 1.54) is 0 Å². The first-order valence-electron chi connectivity index (χ1n) is 6.88. The Labute approximate surface area is 119 Å². The molecule has 2 unspecified atom stereocenters. The van der Waals surface area contributed by atoms with Crippen LogP contribution in [0.4, 0.5) is 5.82 Å². The molecule has 1 N–H and O–H groups in total. The molecule has 4 nitrogen and oxygen atoms in total. The van der Waals surface area contributed by atoms with E-state index >= 15 is 0 Å². The van der Waals surface area contributed by atoms with Gasteiger partial charge in [-0.3, -0.25) is 0 Å². The lowest BCUT2D eigenvalue weighted by atomic mass is 10.0. The summed E-state index contributed by atoms with van der Waals surface area (Å²) in [7, 11) is 0. The van der Waals surface area contributed by atoms with Gasteiger partial charge >= 0.3 is 0 Å². The average Bonchev–Trinajstić information content (AvgIpc) is 2.76. The zero-order valence-corrected chi connectivity index (χ0v) is 12.8. The minimum Gasteiger partial charge on any atom is -0.378 e. The van der Waals surface area contributed by atoms with Gasteiger partial charge in [0.15, 0.2) is 0 Å². The molecule has 0 radical (unpaired) electrons. The minimum atomic E-state index is 0.271. The first-order valence-corrected chi connectivity index (χ1v) is 7.26. The standard InChI is InChI=1S/C14H22ClN3O/c1-8(2)13-17-12(15)9(3)14(18-13)16-7-11-5-6-19-10(11)4/h8,10-11H,5-7H2,1-4H3,(H,16,17,18). The summed E-state index contributed by atoms with van der Waals surface area (Å²) in [5, 5.41) is 3.94. The highest BCUT2D eigenvalue weighted by molar-refractivity contribution is 6.30. The molecule has 2 atom stereocenters. The molecule has 0 aromatic carbocycles. The van der Waals surface area contributed by atoms with Crippen molar-refractivity contribution in [1.29, 1.82) is 0 Å². The van der Waals surface area contributed by atoms with Crippen LogP contribution in [-0.2, 0) is 4.74 Å². The lowest BCUT2D eigenvalue weighted by Gasteiger charge is -2.17. The van der Waals surface area contributed by atoms with Gasteiger partial charge in [0.2, 0.25) is 0 Å². The van der Waals surface area contributed by atoms with Crippen molar-refractivity contribution in [2.45, 2.75) is 46.1 Å². The molecule has 1 saturated heterocycles. The first-order chi connectivity index (χ1) is 8.99. The quantitative estimate of drug-likeness (QED) is 0.861. The van der Waals surface area contributed by atoms with Gasteiger partial charge in [-0.15, -0.1) is 0 Å². The Morgan fingerprint density at radius 2 is 2.16 bits per heavy atom. The maximum atomic E-state index is 6.17. The molecule has 1 fully saturated rings. The number of ether oxygens (including phenoxy) is 1. The van der Waals surface area contributed by atoms with Crippen LogP contribution in [0.15, 0.2) is 0 Å². The number of anilines is 1. The molecule has 0 amide bonds. The number of aromatic nitrogens is 2. The van der Waals surface area contributed by atoms with Crippen LogP contribution in [0.3, 0.4) is 0 Å². The van der Waals surface area contributed by atoms with Gasteiger partial charge in [0.05, 0.1) is 6.10 Å². The molecule has 106 valence electrons. The van der Waals surface area contributed by atoms with Gasteiger partial charge in [-0.25, -0.2) is 9.97 Å². The molecule has 0 bridgehead atoms. The maximum absolute atomic E-state index is 6.17. The molecule has 1 aromatic heterocycles. The number of halogens is 1. The zero-order chi connectivity index (χ0) is 14.0. The van der Waals surface area contributed by atoms with Crippen molar-refractivity contribution in [3.8, 4) is 0 Å². The van der Waals surface area contributed by atoms with Crippen LogP contribution in [0.1, 0.15) is 44.5 Å². The maximum Gasteiger partial charge on any atom is 0.137 e. The van der Waals surface area contributed by atoms with Gasteiger partial charge in [-0.2, -0.15) is 0 Å². The predicted octanol–water partition coefficient (Wildman–Crippen LogP) is 3.40. The second-order valence-electron chi connectivity index (χ2n) is 5.51. The number of rotatable bonds is 4. The molecular formula is C14H22ClN3O. The van der Waals surface area contributed by atoms with Crippen molar-refractivity contribution in [2.24, 2.45) is 5.92 Å².